The number of methoxy groups -OCH3 is 1. The molecule has 0 radical (unpaired) electrons. The van der Waals surface area contributed by atoms with Gasteiger partial charge >= 0.3 is 11.8 Å². The molecule has 124 valence electrons. The van der Waals surface area contributed by atoms with E-state index in [1.807, 2.05) is 24.3 Å². The Bertz CT molecular complexity index is 941. The van der Waals surface area contributed by atoms with Crippen molar-refractivity contribution >= 4 is 17.2 Å². The van der Waals surface area contributed by atoms with Crippen LogP contribution in [0.2, 0.25) is 0 Å². The minimum absolute atomic E-state index is 0.363. The highest BCUT2D eigenvalue weighted by molar-refractivity contribution is 5.80. The molecule has 1 amide bonds. The van der Waals surface area contributed by atoms with Crippen LogP contribution in [-0.4, -0.2) is 34.7 Å². The molecule has 0 unspecified atom stereocenters. The minimum Gasteiger partial charge on any atom is -0.453 e. The zero-order chi connectivity index (χ0) is 17.3. The number of amides is 1. The quantitative estimate of drug-likeness (QED) is 0.738. The van der Waals surface area contributed by atoms with Crippen LogP contribution in [-0.2, 0) is 18.3 Å². The van der Waals surface area contributed by atoms with E-state index in [1.54, 1.807) is 26.4 Å². The molecule has 0 N–H and O–H groups in total. The van der Waals surface area contributed by atoms with Gasteiger partial charge in [0.1, 0.15) is 0 Å². The third-order valence-corrected chi connectivity index (χ3v) is 3.83. The molecule has 0 spiro atoms. The van der Waals surface area contributed by atoms with Crippen molar-refractivity contribution in [1.29, 1.82) is 0 Å². The first-order valence-electron chi connectivity index (χ1n) is 7.33. The van der Waals surface area contributed by atoms with Gasteiger partial charge in [-0.15, -0.1) is 0 Å². The summed E-state index contributed by atoms with van der Waals surface area (Å²) in [5, 5.41) is 0. The van der Waals surface area contributed by atoms with E-state index in [-0.39, 0.29) is 5.76 Å². The molecular weight excluding hydrogens is 310 g/mol. The summed E-state index contributed by atoms with van der Waals surface area (Å²) in [7, 11) is 4.66. The normalized spacial score (nSPS) is 10.8. The van der Waals surface area contributed by atoms with Crippen molar-refractivity contribution in [1.82, 2.24) is 14.5 Å². The van der Waals surface area contributed by atoms with Crippen LogP contribution in [0, 0.1) is 0 Å². The summed E-state index contributed by atoms with van der Waals surface area (Å²) in [5.74, 6) is -0.388. The van der Waals surface area contributed by atoms with Crippen LogP contribution in [0.5, 0.6) is 0 Å². The van der Waals surface area contributed by atoms with Gasteiger partial charge in [-0.3, -0.25) is 9.55 Å². The second kappa shape index (κ2) is 6.19. The fourth-order valence-corrected chi connectivity index (χ4v) is 2.46. The van der Waals surface area contributed by atoms with E-state index in [9.17, 15) is 9.59 Å². The Morgan fingerprint density at radius 2 is 2.04 bits per heavy atom. The molecule has 0 aliphatic rings. The zero-order valence-electron chi connectivity index (χ0n) is 13.6. The van der Waals surface area contributed by atoms with Crippen molar-refractivity contribution in [2.75, 3.05) is 14.2 Å². The Balaban J connectivity index is 1.86. The summed E-state index contributed by atoms with van der Waals surface area (Å²) < 4.78 is 11.2. The molecule has 0 bridgehead atoms. The summed E-state index contributed by atoms with van der Waals surface area (Å²) in [6, 6.07) is 9.31. The van der Waals surface area contributed by atoms with Crippen LogP contribution >= 0.6 is 0 Å². The van der Waals surface area contributed by atoms with Gasteiger partial charge in [-0.25, -0.2) is 9.59 Å². The van der Waals surface area contributed by atoms with Crippen molar-refractivity contribution in [3.63, 3.8) is 0 Å². The van der Waals surface area contributed by atoms with Crippen molar-refractivity contribution < 1.29 is 13.9 Å². The molecule has 7 heteroatoms. The van der Waals surface area contributed by atoms with E-state index in [0.717, 1.165) is 22.3 Å². The largest absolute Gasteiger partial charge is 0.453 e. The van der Waals surface area contributed by atoms with Crippen LogP contribution in [0.1, 0.15) is 5.69 Å². The number of rotatable bonds is 3. The van der Waals surface area contributed by atoms with Crippen LogP contribution < -0.4 is 5.76 Å². The smallest absolute Gasteiger partial charge is 0.419 e. The van der Waals surface area contributed by atoms with Gasteiger partial charge in [-0.2, -0.15) is 0 Å². The summed E-state index contributed by atoms with van der Waals surface area (Å²) in [5.41, 5.74) is 3.88. The number of hydrogen-bond donors (Lipinski definition) is 0. The Hall–Kier alpha value is -3.09. The lowest BCUT2D eigenvalue weighted by atomic mass is 10.1. The number of hydrogen-bond acceptors (Lipinski definition) is 5. The van der Waals surface area contributed by atoms with Crippen molar-refractivity contribution in [2.24, 2.45) is 7.05 Å². The Labute approximate surface area is 138 Å². The number of pyridine rings is 1. The standard InChI is InChI=1S/C17H17N3O4/c1-19(16(21)23-3)10-13-6-4-12(9-18-13)11-5-7-15-14(8-11)20(2)17(22)24-15/h4-9H,10H2,1-3H3. The number of benzene rings is 1. The molecule has 0 aliphatic carbocycles. The average molecular weight is 327 g/mol. The molecule has 0 fully saturated rings. The third-order valence-electron chi connectivity index (χ3n) is 3.83. The van der Waals surface area contributed by atoms with Gasteiger partial charge < -0.3 is 14.1 Å². The van der Waals surface area contributed by atoms with Crippen LogP contribution in [0.3, 0.4) is 0 Å². The van der Waals surface area contributed by atoms with Gasteiger partial charge in [0.05, 0.1) is 24.9 Å². The first-order chi connectivity index (χ1) is 11.5. The second-order valence-electron chi connectivity index (χ2n) is 5.47. The highest BCUT2D eigenvalue weighted by atomic mass is 16.5. The maximum absolute atomic E-state index is 11.6. The van der Waals surface area contributed by atoms with Gasteiger partial charge in [0, 0.05) is 25.9 Å². The first kappa shape index (κ1) is 15.8. The van der Waals surface area contributed by atoms with Gasteiger partial charge in [-0.1, -0.05) is 12.1 Å². The fraction of sp³-hybridized carbons (Fsp3) is 0.235. The fourth-order valence-electron chi connectivity index (χ4n) is 2.46. The molecule has 0 saturated heterocycles. The number of fused-ring (bicyclic) bond motifs is 1. The molecular formula is C17H17N3O4. The topological polar surface area (TPSA) is 77.6 Å². The predicted octanol–water partition coefficient (Wildman–Crippen LogP) is 2.39. The van der Waals surface area contributed by atoms with Crippen molar-refractivity contribution in [3.05, 3.63) is 52.8 Å². The average Bonchev–Trinajstić information content (AvgIpc) is 2.88. The molecule has 7 nitrogen and oxygen atoms in total. The number of aryl methyl sites for hydroxylation is 1. The lowest BCUT2D eigenvalue weighted by Crippen LogP contribution is -2.26. The number of carbonyl (C=O) groups excluding carboxylic acids is 1. The van der Waals surface area contributed by atoms with Crippen LogP contribution in [0.25, 0.3) is 22.2 Å². The predicted molar refractivity (Wildman–Crippen MR) is 88.6 cm³/mol. The van der Waals surface area contributed by atoms with E-state index in [2.05, 4.69) is 9.72 Å². The van der Waals surface area contributed by atoms with E-state index in [4.69, 9.17) is 4.42 Å². The maximum Gasteiger partial charge on any atom is 0.419 e. The number of carbonyl (C=O) groups is 1. The number of ether oxygens (including phenoxy) is 1. The van der Waals surface area contributed by atoms with Crippen LogP contribution in [0.4, 0.5) is 4.79 Å². The summed E-state index contributed by atoms with van der Waals surface area (Å²) >= 11 is 0. The van der Waals surface area contributed by atoms with E-state index >= 15 is 0 Å². The second-order valence-corrected chi connectivity index (χ2v) is 5.47. The van der Waals surface area contributed by atoms with Crippen LogP contribution in [0.15, 0.2) is 45.7 Å². The monoisotopic (exact) mass is 327 g/mol. The summed E-state index contributed by atoms with van der Waals surface area (Å²) in [4.78, 5) is 28.8. The van der Waals surface area contributed by atoms with E-state index in [1.165, 1.54) is 16.6 Å². The molecule has 1 aromatic carbocycles. The highest BCUT2D eigenvalue weighted by Gasteiger charge is 2.10. The zero-order valence-corrected chi connectivity index (χ0v) is 13.6. The molecule has 24 heavy (non-hydrogen) atoms. The first-order valence-corrected chi connectivity index (χ1v) is 7.33. The van der Waals surface area contributed by atoms with Gasteiger partial charge in [0.15, 0.2) is 5.58 Å². The van der Waals surface area contributed by atoms with E-state index < -0.39 is 6.09 Å². The number of nitrogens with zero attached hydrogens (tertiary/aromatic N) is 3. The molecule has 0 atom stereocenters. The maximum atomic E-state index is 11.6. The lowest BCUT2D eigenvalue weighted by molar-refractivity contribution is 0.131. The summed E-state index contributed by atoms with van der Waals surface area (Å²) in [6.07, 6.45) is 1.33. The number of oxazole rings is 1. The minimum atomic E-state index is -0.410. The molecule has 0 aliphatic heterocycles. The highest BCUT2D eigenvalue weighted by Crippen LogP contribution is 2.23. The molecule has 0 saturated carbocycles. The van der Waals surface area contributed by atoms with Gasteiger partial charge in [0.25, 0.3) is 0 Å². The van der Waals surface area contributed by atoms with Gasteiger partial charge in [-0.05, 0) is 23.8 Å². The molecule has 2 heterocycles. The Kier molecular flexibility index (Phi) is 4.07. The molecule has 3 rings (SSSR count). The van der Waals surface area contributed by atoms with E-state index in [0.29, 0.717) is 12.1 Å². The van der Waals surface area contributed by atoms with Crippen molar-refractivity contribution in [3.8, 4) is 11.1 Å². The Morgan fingerprint density at radius 3 is 2.71 bits per heavy atom. The lowest BCUT2D eigenvalue weighted by Gasteiger charge is -2.14. The Morgan fingerprint density at radius 1 is 1.29 bits per heavy atom. The van der Waals surface area contributed by atoms with Gasteiger partial charge in [0.2, 0.25) is 0 Å². The SMILES string of the molecule is COC(=O)N(C)Cc1ccc(-c2ccc3oc(=O)n(C)c3c2)cn1. The molecule has 2 aromatic heterocycles. The van der Waals surface area contributed by atoms with Crippen molar-refractivity contribution in [2.45, 2.75) is 6.54 Å². The summed E-state index contributed by atoms with van der Waals surface area (Å²) in [6.45, 7) is 0.363. The number of aromatic nitrogens is 2. The molecule has 3 aromatic rings. The third kappa shape index (κ3) is 2.88.